The highest BCUT2D eigenvalue weighted by molar-refractivity contribution is 5.60. The standard InChI is InChI=1S/C16H24O3/c1-3-16(19-14(17)18-2)12-7-5-10-4-6-11-8-13(16)15(10,11)9-12/h10-13H,3-9H2,1-2H3. The molecule has 4 fully saturated rings. The summed E-state index contributed by atoms with van der Waals surface area (Å²) in [5.41, 5.74) is 0.343. The molecule has 3 heteroatoms. The molecule has 0 aromatic heterocycles. The number of carbonyl (C=O) groups excluding carboxylic acids is 1. The van der Waals surface area contributed by atoms with E-state index in [0.717, 1.165) is 18.3 Å². The van der Waals surface area contributed by atoms with Gasteiger partial charge in [0.25, 0.3) is 0 Å². The van der Waals surface area contributed by atoms with Crippen molar-refractivity contribution in [1.82, 2.24) is 0 Å². The summed E-state index contributed by atoms with van der Waals surface area (Å²) in [5.74, 6) is 3.05. The Morgan fingerprint density at radius 1 is 1.16 bits per heavy atom. The lowest BCUT2D eigenvalue weighted by atomic mass is 9.50. The monoisotopic (exact) mass is 264 g/mol. The second-order valence-electron chi connectivity index (χ2n) is 7.21. The molecule has 4 aliphatic rings. The predicted octanol–water partition coefficient (Wildman–Crippen LogP) is 3.76. The molecular formula is C16H24O3. The van der Waals surface area contributed by atoms with Crippen LogP contribution in [0.1, 0.15) is 51.9 Å². The SMILES string of the molecule is CCC1(OC(=O)OC)C2CCC3CCC4CC1C34C2. The van der Waals surface area contributed by atoms with Gasteiger partial charge in [-0.2, -0.15) is 0 Å². The van der Waals surface area contributed by atoms with Crippen molar-refractivity contribution in [3.63, 3.8) is 0 Å². The largest absolute Gasteiger partial charge is 0.508 e. The Bertz CT molecular complexity index is 420. The predicted molar refractivity (Wildman–Crippen MR) is 70.6 cm³/mol. The number of fused-ring (bicyclic) bond motifs is 1. The molecule has 0 saturated heterocycles. The summed E-state index contributed by atoms with van der Waals surface area (Å²) in [4.78, 5) is 11.7. The van der Waals surface area contributed by atoms with Crippen LogP contribution in [0.5, 0.6) is 0 Å². The van der Waals surface area contributed by atoms with Gasteiger partial charge in [-0.3, -0.25) is 0 Å². The van der Waals surface area contributed by atoms with Crippen LogP contribution in [-0.2, 0) is 9.47 Å². The quantitative estimate of drug-likeness (QED) is 0.712. The molecule has 2 bridgehead atoms. The maximum atomic E-state index is 11.7. The van der Waals surface area contributed by atoms with E-state index in [2.05, 4.69) is 6.92 Å². The molecule has 6 atom stereocenters. The molecule has 1 spiro atoms. The van der Waals surface area contributed by atoms with Gasteiger partial charge >= 0.3 is 6.16 Å². The molecule has 0 radical (unpaired) electrons. The molecule has 0 amide bonds. The summed E-state index contributed by atoms with van der Waals surface area (Å²) in [6.45, 7) is 2.19. The summed E-state index contributed by atoms with van der Waals surface area (Å²) in [6.07, 6.45) is 8.56. The summed E-state index contributed by atoms with van der Waals surface area (Å²) < 4.78 is 10.7. The van der Waals surface area contributed by atoms with E-state index >= 15 is 0 Å². The van der Waals surface area contributed by atoms with Crippen molar-refractivity contribution >= 4 is 6.16 Å². The third kappa shape index (κ3) is 1.19. The Morgan fingerprint density at radius 3 is 2.53 bits per heavy atom. The fourth-order valence-electron chi connectivity index (χ4n) is 6.66. The van der Waals surface area contributed by atoms with Crippen molar-refractivity contribution in [2.75, 3.05) is 7.11 Å². The molecule has 3 nitrogen and oxygen atoms in total. The average Bonchev–Trinajstić information content (AvgIpc) is 2.79. The minimum absolute atomic E-state index is 0.206. The number of hydrogen-bond donors (Lipinski definition) is 0. The van der Waals surface area contributed by atoms with Crippen LogP contribution in [-0.4, -0.2) is 18.9 Å². The Hall–Kier alpha value is -0.730. The van der Waals surface area contributed by atoms with Gasteiger partial charge in [0, 0.05) is 5.92 Å². The zero-order valence-corrected chi connectivity index (χ0v) is 12.0. The van der Waals surface area contributed by atoms with E-state index in [9.17, 15) is 4.79 Å². The first-order chi connectivity index (χ1) is 9.17. The third-order valence-corrected chi connectivity index (χ3v) is 7.29. The molecule has 4 rings (SSSR count). The van der Waals surface area contributed by atoms with Crippen molar-refractivity contribution in [1.29, 1.82) is 0 Å². The van der Waals surface area contributed by atoms with Gasteiger partial charge in [-0.25, -0.2) is 4.79 Å². The van der Waals surface area contributed by atoms with Gasteiger partial charge < -0.3 is 9.47 Å². The van der Waals surface area contributed by atoms with Crippen LogP contribution < -0.4 is 0 Å². The van der Waals surface area contributed by atoms with Crippen LogP contribution >= 0.6 is 0 Å². The minimum Gasteiger partial charge on any atom is -0.438 e. The van der Waals surface area contributed by atoms with Crippen LogP contribution in [0.4, 0.5) is 4.79 Å². The third-order valence-electron chi connectivity index (χ3n) is 7.29. The Labute approximate surface area is 115 Å². The highest BCUT2D eigenvalue weighted by Crippen LogP contribution is 2.79. The van der Waals surface area contributed by atoms with Crippen LogP contribution in [0.3, 0.4) is 0 Å². The Morgan fingerprint density at radius 2 is 1.84 bits per heavy atom. The highest BCUT2D eigenvalue weighted by Gasteiger charge is 2.76. The first-order valence-corrected chi connectivity index (χ1v) is 7.94. The van der Waals surface area contributed by atoms with Crippen molar-refractivity contribution in [2.24, 2.45) is 29.1 Å². The molecule has 106 valence electrons. The van der Waals surface area contributed by atoms with Gasteiger partial charge in [0.15, 0.2) is 0 Å². The van der Waals surface area contributed by atoms with Crippen molar-refractivity contribution in [2.45, 2.75) is 57.5 Å². The zero-order valence-electron chi connectivity index (χ0n) is 12.0. The topological polar surface area (TPSA) is 35.5 Å². The van der Waals surface area contributed by atoms with Crippen molar-refractivity contribution in [3.8, 4) is 0 Å². The number of methoxy groups -OCH3 is 1. The molecule has 0 aromatic rings. The molecule has 19 heavy (non-hydrogen) atoms. The van der Waals surface area contributed by atoms with Crippen LogP contribution in [0.15, 0.2) is 0 Å². The zero-order chi connectivity index (χ0) is 13.3. The lowest BCUT2D eigenvalue weighted by Crippen LogP contribution is -2.54. The number of rotatable bonds is 2. The van der Waals surface area contributed by atoms with Gasteiger partial charge in [-0.05, 0) is 68.1 Å². The Kier molecular flexibility index (Phi) is 2.33. The second kappa shape index (κ2) is 3.67. The lowest BCUT2D eigenvalue weighted by molar-refractivity contribution is -0.138. The second-order valence-corrected chi connectivity index (χ2v) is 7.21. The normalized spacial score (nSPS) is 53.4. The lowest BCUT2D eigenvalue weighted by Gasteiger charge is -2.55. The smallest absolute Gasteiger partial charge is 0.438 e. The summed E-state index contributed by atoms with van der Waals surface area (Å²) >= 11 is 0. The average molecular weight is 264 g/mol. The highest BCUT2D eigenvalue weighted by atomic mass is 16.7. The fraction of sp³-hybridized carbons (Fsp3) is 0.938. The van der Waals surface area contributed by atoms with Gasteiger partial charge in [-0.1, -0.05) is 6.92 Å². The van der Waals surface area contributed by atoms with E-state index in [1.165, 1.54) is 45.6 Å². The number of carbonyl (C=O) groups is 1. The Balaban J connectivity index is 1.72. The molecular weight excluding hydrogens is 240 g/mol. The van der Waals surface area contributed by atoms with E-state index in [-0.39, 0.29) is 5.60 Å². The molecule has 0 heterocycles. The van der Waals surface area contributed by atoms with Crippen LogP contribution in [0.25, 0.3) is 0 Å². The summed E-state index contributed by atoms with van der Waals surface area (Å²) in [7, 11) is 1.42. The van der Waals surface area contributed by atoms with E-state index in [4.69, 9.17) is 9.47 Å². The van der Waals surface area contributed by atoms with Crippen molar-refractivity contribution < 1.29 is 14.3 Å². The van der Waals surface area contributed by atoms with Gasteiger partial charge in [0.05, 0.1) is 7.11 Å². The maximum absolute atomic E-state index is 11.7. The first kappa shape index (κ1) is 12.0. The molecule has 0 aromatic carbocycles. The molecule has 4 aliphatic carbocycles. The van der Waals surface area contributed by atoms with E-state index < -0.39 is 6.16 Å². The maximum Gasteiger partial charge on any atom is 0.508 e. The summed E-state index contributed by atoms with van der Waals surface area (Å²) in [5, 5.41) is 0. The minimum atomic E-state index is -0.469. The van der Waals surface area contributed by atoms with Gasteiger partial charge in [0.2, 0.25) is 0 Å². The van der Waals surface area contributed by atoms with E-state index in [1.807, 2.05) is 0 Å². The van der Waals surface area contributed by atoms with Gasteiger partial charge in [-0.15, -0.1) is 0 Å². The number of ether oxygens (including phenoxy) is 2. The molecule has 4 saturated carbocycles. The summed E-state index contributed by atoms with van der Waals surface area (Å²) in [6, 6.07) is 0. The fourth-order valence-corrected chi connectivity index (χ4v) is 6.66. The van der Waals surface area contributed by atoms with E-state index in [0.29, 0.717) is 17.3 Å². The van der Waals surface area contributed by atoms with Gasteiger partial charge in [0.1, 0.15) is 5.60 Å². The molecule has 6 unspecified atom stereocenters. The molecule has 0 aliphatic heterocycles. The van der Waals surface area contributed by atoms with Crippen molar-refractivity contribution in [3.05, 3.63) is 0 Å². The first-order valence-electron chi connectivity index (χ1n) is 7.94. The van der Waals surface area contributed by atoms with E-state index in [1.54, 1.807) is 0 Å². The van der Waals surface area contributed by atoms with Crippen LogP contribution in [0.2, 0.25) is 0 Å². The number of hydrogen-bond acceptors (Lipinski definition) is 3. The molecule has 0 N–H and O–H groups in total. The van der Waals surface area contributed by atoms with Crippen LogP contribution in [0, 0.1) is 29.1 Å².